The van der Waals surface area contributed by atoms with Crippen molar-refractivity contribution in [1.29, 1.82) is 0 Å². The summed E-state index contributed by atoms with van der Waals surface area (Å²) in [6, 6.07) is 12.5. The minimum atomic E-state index is 0.697. The van der Waals surface area contributed by atoms with Crippen LogP contribution in [-0.4, -0.2) is 18.5 Å². The zero-order valence-corrected chi connectivity index (χ0v) is 15.6. The summed E-state index contributed by atoms with van der Waals surface area (Å²) in [5.41, 5.74) is 0. The molecule has 0 heterocycles. The Bertz CT molecular complexity index is 583. The van der Waals surface area contributed by atoms with Gasteiger partial charge in [-0.25, -0.2) is 0 Å². The first-order valence-corrected chi connectivity index (χ1v) is 9.81. The highest BCUT2D eigenvalue weighted by molar-refractivity contribution is 9.09. The van der Waals surface area contributed by atoms with E-state index < -0.39 is 0 Å². The molecule has 23 heavy (non-hydrogen) atoms. The lowest BCUT2D eigenvalue weighted by atomic mass is 10.1. The Morgan fingerprint density at radius 2 is 1.30 bits per heavy atom. The molecule has 0 aromatic heterocycles. The smallest absolute Gasteiger partial charge is 0.119 e. The summed E-state index contributed by atoms with van der Waals surface area (Å²) >= 11 is 3.47. The van der Waals surface area contributed by atoms with Crippen LogP contribution < -0.4 is 9.47 Å². The molecule has 0 atom stereocenters. The Morgan fingerprint density at radius 3 is 1.91 bits per heavy atom. The van der Waals surface area contributed by atoms with Crippen molar-refractivity contribution in [3.63, 3.8) is 0 Å². The molecule has 0 aliphatic heterocycles. The summed E-state index contributed by atoms with van der Waals surface area (Å²) in [5.74, 6) is 1.88. The van der Waals surface area contributed by atoms with Gasteiger partial charge in [-0.2, -0.15) is 0 Å². The average molecular weight is 379 g/mol. The van der Waals surface area contributed by atoms with Gasteiger partial charge in [0.15, 0.2) is 0 Å². The number of alkyl halides is 1. The van der Waals surface area contributed by atoms with E-state index >= 15 is 0 Å². The molecule has 2 aromatic carbocycles. The molecule has 0 aliphatic rings. The summed E-state index contributed by atoms with van der Waals surface area (Å²) in [7, 11) is 0. The zero-order chi connectivity index (χ0) is 16.3. The van der Waals surface area contributed by atoms with Crippen molar-refractivity contribution in [3.05, 3.63) is 36.4 Å². The highest BCUT2D eigenvalue weighted by Crippen LogP contribution is 2.25. The first-order chi connectivity index (χ1) is 11.3. The number of rotatable bonds is 11. The molecule has 126 valence electrons. The first kappa shape index (κ1) is 18.1. The van der Waals surface area contributed by atoms with Gasteiger partial charge >= 0.3 is 0 Å². The third kappa shape index (κ3) is 6.42. The average Bonchev–Trinajstić information content (AvgIpc) is 2.57. The quantitative estimate of drug-likeness (QED) is 0.334. The SMILES string of the molecule is CCOc1ccc2cc(OCCCCCCCCBr)ccc2c1. The van der Waals surface area contributed by atoms with Crippen LogP contribution >= 0.6 is 15.9 Å². The molecule has 0 saturated carbocycles. The molecule has 0 unspecified atom stereocenters. The summed E-state index contributed by atoms with van der Waals surface area (Å²) in [6.45, 7) is 3.51. The molecular formula is C20H27BrO2. The van der Waals surface area contributed by atoms with Crippen molar-refractivity contribution in [3.8, 4) is 11.5 Å². The lowest BCUT2D eigenvalue weighted by Crippen LogP contribution is -1.97. The fourth-order valence-electron chi connectivity index (χ4n) is 2.64. The van der Waals surface area contributed by atoms with E-state index in [0.717, 1.165) is 29.9 Å². The van der Waals surface area contributed by atoms with Crippen molar-refractivity contribution in [1.82, 2.24) is 0 Å². The molecular weight excluding hydrogens is 352 g/mol. The van der Waals surface area contributed by atoms with Gasteiger partial charge in [0, 0.05) is 5.33 Å². The first-order valence-electron chi connectivity index (χ1n) is 8.69. The van der Waals surface area contributed by atoms with Crippen molar-refractivity contribution in [2.75, 3.05) is 18.5 Å². The van der Waals surface area contributed by atoms with Crippen LogP contribution in [0.1, 0.15) is 45.4 Å². The lowest BCUT2D eigenvalue weighted by Gasteiger charge is -2.09. The molecule has 2 aromatic rings. The number of halogens is 1. The Morgan fingerprint density at radius 1 is 0.739 bits per heavy atom. The summed E-state index contributed by atoms with van der Waals surface area (Å²) in [4.78, 5) is 0. The molecule has 3 heteroatoms. The molecule has 2 rings (SSSR count). The maximum atomic E-state index is 5.88. The minimum Gasteiger partial charge on any atom is -0.494 e. The van der Waals surface area contributed by atoms with Crippen molar-refractivity contribution < 1.29 is 9.47 Å². The van der Waals surface area contributed by atoms with Crippen LogP contribution in [0.2, 0.25) is 0 Å². The van der Waals surface area contributed by atoms with Crippen LogP contribution in [0.15, 0.2) is 36.4 Å². The monoisotopic (exact) mass is 378 g/mol. The van der Waals surface area contributed by atoms with Crippen LogP contribution in [0.25, 0.3) is 10.8 Å². The molecule has 0 amide bonds. The number of fused-ring (bicyclic) bond motifs is 1. The number of unbranched alkanes of at least 4 members (excludes halogenated alkanes) is 5. The third-order valence-electron chi connectivity index (χ3n) is 3.89. The molecule has 0 aliphatic carbocycles. The maximum absolute atomic E-state index is 5.88. The van der Waals surface area contributed by atoms with Gasteiger partial charge in [-0.05, 0) is 54.8 Å². The van der Waals surface area contributed by atoms with Crippen LogP contribution in [0.5, 0.6) is 11.5 Å². The standard InChI is InChI=1S/C20H27BrO2/c1-2-22-19-11-9-18-16-20(12-10-17(18)15-19)23-14-8-6-4-3-5-7-13-21/h9-12,15-16H,2-8,13-14H2,1H3. The molecule has 0 saturated heterocycles. The number of ether oxygens (including phenoxy) is 2. The van der Waals surface area contributed by atoms with Gasteiger partial charge < -0.3 is 9.47 Å². The van der Waals surface area contributed by atoms with E-state index in [1.54, 1.807) is 0 Å². The van der Waals surface area contributed by atoms with Crippen LogP contribution in [0.3, 0.4) is 0 Å². The molecule has 0 fully saturated rings. The topological polar surface area (TPSA) is 18.5 Å². The van der Waals surface area contributed by atoms with Gasteiger partial charge in [-0.1, -0.05) is 53.7 Å². The second kappa shape index (κ2) is 10.5. The van der Waals surface area contributed by atoms with E-state index in [1.807, 2.05) is 19.1 Å². The van der Waals surface area contributed by atoms with Gasteiger partial charge in [0.25, 0.3) is 0 Å². The Kier molecular flexibility index (Phi) is 8.30. The van der Waals surface area contributed by atoms with Gasteiger partial charge in [-0.3, -0.25) is 0 Å². The zero-order valence-electron chi connectivity index (χ0n) is 14.0. The lowest BCUT2D eigenvalue weighted by molar-refractivity contribution is 0.305. The second-order valence-corrected chi connectivity index (χ2v) is 6.56. The molecule has 0 radical (unpaired) electrons. The number of hydrogen-bond donors (Lipinski definition) is 0. The largest absolute Gasteiger partial charge is 0.494 e. The van der Waals surface area contributed by atoms with Gasteiger partial charge in [0.2, 0.25) is 0 Å². The molecule has 2 nitrogen and oxygen atoms in total. The Hall–Kier alpha value is -1.22. The summed E-state index contributed by atoms with van der Waals surface area (Å²) in [5, 5.41) is 3.51. The Labute approximate surface area is 148 Å². The van der Waals surface area contributed by atoms with E-state index in [2.05, 4.69) is 40.2 Å². The van der Waals surface area contributed by atoms with Gasteiger partial charge in [0.1, 0.15) is 11.5 Å². The van der Waals surface area contributed by atoms with Crippen LogP contribution in [0, 0.1) is 0 Å². The summed E-state index contributed by atoms with van der Waals surface area (Å²) in [6.07, 6.45) is 7.67. The van der Waals surface area contributed by atoms with E-state index in [-0.39, 0.29) is 0 Å². The maximum Gasteiger partial charge on any atom is 0.119 e. The summed E-state index contributed by atoms with van der Waals surface area (Å²) < 4.78 is 11.4. The Balaban J connectivity index is 1.74. The molecule has 0 N–H and O–H groups in total. The number of hydrogen-bond acceptors (Lipinski definition) is 2. The third-order valence-corrected chi connectivity index (χ3v) is 4.45. The van der Waals surface area contributed by atoms with Crippen LogP contribution in [0.4, 0.5) is 0 Å². The van der Waals surface area contributed by atoms with E-state index in [4.69, 9.17) is 9.47 Å². The predicted octanol–water partition coefficient (Wildman–Crippen LogP) is 6.35. The van der Waals surface area contributed by atoms with Gasteiger partial charge in [-0.15, -0.1) is 0 Å². The minimum absolute atomic E-state index is 0.697. The van der Waals surface area contributed by atoms with E-state index in [0.29, 0.717) is 6.61 Å². The van der Waals surface area contributed by atoms with Crippen LogP contribution in [-0.2, 0) is 0 Å². The molecule has 0 spiro atoms. The normalized spacial score (nSPS) is 10.9. The van der Waals surface area contributed by atoms with E-state index in [1.165, 1.54) is 42.9 Å². The van der Waals surface area contributed by atoms with Crippen molar-refractivity contribution >= 4 is 26.7 Å². The highest BCUT2D eigenvalue weighted by atomic mass is 79.9. The predicted molar refractivity (Wildman–Crippen MR) is 102 cm³/mol. The van der Waals surface area contributed by atoms with Crippen molar-refractivity contribution in [2.45, 2.75) is 45.4 Å². The fraction of sp³-hybridized carbons (Fsp3) is 0.500. The van der Waals surface area contributed by atoms with Gasteiger partial charge in [0.05, 0.1) is 13.2 Å². The van der Waals surface area contributed by atoms with Crippen molar-refractivity contribution in [2.24, 2.45) is 0 Å². The molecule has 0 bridgehead atoms. The fourth-order valence-corrected chi connectivity index (χ4v) is 3.04. The second-order valence-electron chi connectivity index (χ2n) is 5.76. The number of benzene rings is 2. The highest BCUT2D eigenvalue weighted by Gasteiger charge is 2.00. The van der Waals surface area contributed by atoms with E-state index in [9.17, 15) is 0 Å².